The van der Waals surface area contributed by atoms with E-state index in [1.165, 1.54) is 17.3 Å². The smallest absolute Gasteiger partial charge is 0.194 e. The zero-order valence-corrected chi connectivity index (χ0v) is 16.0. The lowest BCUT2D eigenvalue weighted by molar-refractivity contribution is 0.578. The van der Waals surface area contributed by atoms with Gasteiger partial charge in [-0.3, -0.25) is 0 Å². The van der Waals surface area contributed by atoms with E-state index in [1.54, 1.807) is 4.68 Å². The third-order valence-corrected chi connectivity index (χ3v) is 5.98. The van der Waals surface area contributed by atoms with Crippen LogP contribution in [0.25, 0.3) is 22.3 Å². The van der Waals surface area contributed by atoms with Gasteiger partial charge in [0.15, 0.2) is 16.5 Å². The van der Waals surface area contributed by atoms with E-state index in [-0.39, 0.29) is 0 Å². The molecular formula is C19H12Cl2N4S. The van der Waals surface area contributed by atoms with E-state index in [4.69, 9.17) is 28.2 Å². The summed E-state index contributed by atoms with van der Waals surface area (Å²) in [6.45, 7) is 2.07. The molecule has 0 fully saturated rings. The summed E-state index contributed by atoms with van der Waals surface area (Å²) in [5.74, 6) is 0.628. The van der Waals surface area contributed by atoms with Crippen molar-refractivity contribution < 1.29 is 0 Å². The number of hydrogen-bond acceptors (Lipinski definition) is 4. The van der Waals surface area contributed by atoms with Crippen LogP contribution in [0.1, 0.15) is 16.6 Å². The number of rotatable bonds is 1. The maximum absolute atomic E-state index is 6.73. The number of alkyl halides is 1. The minimum absolute atomic E-state index is 0.438. The van der Waals surface area contributed by atoms with Crippen molar-refractivity contribution in [2.24, 2.45) is 0 Å². The van der Waals surface area contributed by atoms with E-state index in [2.05, 4.69) is 35.2 Å². The first kappa shape index (κ1) is 16.1. The van der Waals surface area contributed by atoms with Crippen LogP contribution >= 0.6 is 35.0 Å². The van der Waals surface area contributed by atoms with E-state index in [0.29, 0.717) is 10.8 Å². The first-order chi connectivity index (χ1) is 12.6. The molecule has 5 rings (SSSR count). The first-order valence-electron chi connectivity index (χ1n) is 8.04. The second kappa shape index (κ2) is 5.98. The molecule has 3 heterocycles. The molecule has 0 aliphatic carbocycles. The number of halogens is 2. The average molecular weight is 399 g/mol. The van der Waals surface area contributed by atoms with Crippen molar-refractivity contribution in [3.05, 3.63) is 64.7 Å². The molecule has 4 nitrogen and oxygen atoms in total. The Hall–Kier alpha value is -2.08. The lowest BCUT2D eigenvalue weighted by atomic mass is 10.1. The van der Waals surface area contributed by atoms with Crippen LogP contribution in [0, 0.1) is 6.92 Å². The predicted octanol–water partition coefficient (Wildman–Crippen LogP) is 5.71. The van der Waals surface area contributed by atoms with E-state index >= 15 is 0 Å². The highest BCUT2D eigenvalue weighted by Crippen LogP contribution is 2.43. The molecule has 128 valence electrons. The Morgan fingerprint density at radius 3 is 2.65 bits per heavy atom. The first-order valence-corrected chi connectivity index (χ1v) is 9.67. The molecule has 4 aromatic rings. The molecule has 0 spiro atoms. The Bertz CT molecular complexity index is 1150. The number of benzene rings is 2. The van der Waals surface area contributed by atoms with Gasteiger partial charge < -0.3 is 0 Å². The number of hydrogen-bond donors (Lipinski definition) is 0. The van der Waals surface area contributed by atoms with Crippen molar-refractivity contribution in [3.63, 3.8) is 0 Å². The van der Waals surface area contributed by atoms with Crippen molar-refractivity contribution in [1.29, 1.82) is 0 Å². The molecule has 0 bridgehead atoms. The number of fused-ring (bicyclic) bond motifs is 3. The summed E-state index contributed by atoms with van der Waals surface area (Å²) in [5, 5.41) is 7.99. The molecule has 26 heavy (non-hydrogen) atoms. The molecule has 0 N–H and O–H groups in total. The van der Waals surface area contributed by atoms with Gasteiger partial charge in [-0.2, -0.15) is 0 Å². The molecule has 1 aliphatic rings. The third kappa shape index (κ3) is 2.58. The predicted molar refractivity (Wildman–Crippen MR) is 105 cm³/mol. The van der Waals surface area contributed by atoms with Gasteiger partial charge in [0.1, 0.15) is 5.03 Å². The van der Waals surface area contributed by atoms with Crippen LogP contribution in [0.4, 0.5) is 0 Å². The Kier molecular flexibility index (Phi) is 3.71. The molecule has 2 aromatic heterocycles. The second-order valence-electron chi connectivity index (χ2n) is 6.19. The maximum atomic E-state index is 6.73. The fourth-order valence-corrected chi connectivity index (χ4v) is 4.54. The molecule has 1 aliphatic heterocycles. The average Bonchev–Trinajstić information content (AvgIpc) is 3.06. The van der Waals surface area contributed by atoms with Gasteiger partial charge in [0.2, 0.25) is 0 Å². The Morgan fingerprint density at radius 2 is 1.85 bits per heavy atom. The maximum Gasteiger partial charge on any atom is 0.194 e. The van der Waals surface area contributed by atoms with Gasteiger partial charge in [0, 0.05) is 21.5 Å². The van der Waals surface area contributed by atoms with Crippen LogP contribution in [-0.2, 0) is 0 Å². The highest BCUT2D eigenvalue weighted by molar-refractivity contribution is 7.99. The van der Waals surface area contributed by atoms with Gasteiger partial charge in [0.25, 0.3) is 0 Å². The molecule has 1 atom stereocenters. The summed E-state index contributed by atoms with van der Waals surface area (Å²) < 4.78 is 1.75. The second-order valence-corrected chi connectivity index (χ2v) is 7.99. The standard InChI is InChI=1S/C19H12Cl2N4S/c1-10-2-7-15-12(8-10)9-14-16(21)25-19(26-18(14)22-15)23-17(24-25)11-3-5-13(20)6-4-11/h2-9,16H,1H3/t16-/m0/s1. The molecular weight excluding hydrogens is 387 g/mol. The normalized spacial score (nSPS) is 15.7. The Balaban J connectivity index is 1.62. The molecule has 0 saturated carbocycles. The van der Waals surface area contributed by atoms with E-state index in [1.807, 2.05) is 30.3 Å². The summed E-state index contributed by atoms with van der Waals surface area (Å²) in [5.41, 5.74) is 3.57. The van der Waals surface area contributed by atoms with Crippen LogP contribution < -0.4 is 0 Å². The summed E-state index contributed by atoms with van der Waals surface area (Å²) in [4.78, 5) is 9.42. The minimum atomic E-state index is -0.438. The van der Waals surface area contributed by atoms with Gasteiger partial charge in [-0.25, -0.2) is 14.6 Å². The number of pyridine rings is 1. The minimum Gasteiger partial charge on any atom is -0.241 e. The molecule has 0 amide bonds. The Labute approximate surface area is 164 Å². The lowest BCUT2D eigenvalue weighted by Crippen LogP contribution is -2.14. The summed E-state index contributed by atoms with van der Waals surface area (Å²) >= 11 is 14.2. The molecule has 0 unspecified atom stereocenters. The highest BCUT2D eigenvalue weighted by atomic mass is 35.5. The van der Waals surface area contributed by atoms with Crippen LogP contribution in [0.3, 0.4) is 0 Å². The number of aromatic nitrogens is 4. The van der Waals surface area contributed by atoms with Gasteiger partial charge >= 0.3 is 0 Å². The highest BCUT2D eigenvalue weighted by Gasteiger charge is 2.29. The molecule has 0 saturated heterocycles. The molecule has 0 radical (unpaired) electrons. The number of aryl methyl sites for hydroxylation is 1. The quantitative estimate of drug-likeness (QED) is 0.385. The molecule has 7 heteroatoms. The fourth-order valence-electron chi connectivity index (χ4n) is 3.01. The van der Waals surface area contributed by atoms with Crippen molar-refractivity contribution in [3.8, 4) is 11.4 Å². The lowest BCUT2D eigenvalue weighted by Gasteiger charge is -2.20. The SMILES string of the molecule is Cc1ccc2nc3c(cc2c1)[C@@H](Cl)n1nc(-c2ccc(Cl)cc2)nc1S3. The van der Waals surface area contributed by atoms with Crippen LogP contribution in [0.5, 0.6) is 0 Å². The van der Waals surface area contributed by atoms with Gasteiger partial charge in [-0.15, -0.1) is 5.10 Å². The van der Waals surface area contributed by atoms with Crippen LogP contribution in [0.15, 0.2) is 58.7 Å². The zero-order chi connectivity index (χ0) is 17.8. The van der Waals surface area contributed by atoms with Crippen molar-refractivity contribution in [2.75, 3.05) is 0 Å². The fraction of sp³-hybridized carbons (Fsp3) is 0.105. The monoisotopic (exact) mass is 398 g/mol. The van der Waals surface area contributed by atoms with E-state index in [9.17, 15) is 0 Å². The van der Waals surface area contributed by atoms with Gasteiger partial charge in [0.05, 0.1) is 5.52 Å². The largest absolute Gasteiger partial charge is 0.241 e. The van der Waals surface area contributed by atoms with E-state index in [0.717, 1.165) is 32.2 Å². The summed E-state index contributed by atoms with van der Waals surface area (Å²) in [6, 6.07) is 15.8. The van der Waals surface area contributed by atoms with Crippen molar-refractivity contribution in [2.45, 2.75) is 22.6 Å². The van der Waals surface area contributed by atoms with Gasteiger partial charge in [-0.05, 0) is 61.2 Å². The molecule has 2 aromatic carbocycles. The topological polar surface area (TPSA) is 43.6 Å². The van der Waals surface area contributed by atoms with Crippen LogP contribution in [0.2, 0.25) is 5.02 Å². The van der Waals surface area contributed by atoms with Gasteiger partial charge in [-0.1, -0.05) is 34.8 Å². The van der Waals surface area contributed by atoms with Crippen molar-refractivity contribution in [1.82, 2.24) is 19.7 Å². The third-order valence-electron chi connectivity index (χ3n) is 4.32. The van der Waals surface area contributed by atoms with E-state index < -0.39 is 5.50 Å². The number of nitrogens with zero attached hydrogens (tertiary/aromatic N) is 4. The van der Waals surface area contributed by atoms with Crippen LogP contribution in [-0.4, -0.2) is 19.7 Å². The van der Waals surface area contributed by atoms with Crippen molar-refractivity contribution >= 4 is 45.9 Å². The Morgan fingerprint density at radius 1 is 1.04 bits per heavy atom. The zero-order valence-electron chi connectivity index (χ0n) is 13.6. The summed E-state index contributed by atoms with van der Waals surface area (Å²) in [6.07, 6.45) is 0. The summed E-state index contributed by atoms with van der Waals surface area (Å²) in [7, 11) is 0.